The molecule has 3 nitrogen and oxygen atoms in total. The standard InChI is InChI=1S/C10H11NO2/c1-7(8(2)12)10(13)9-4-3-5-11-6-9/h3-7H,1-2H3. The molecule has 1 unspecified atom stereocenters. The summed E-state index contributed by atoms with van der Waals surface area (Å²) < 4.78 is 0. The Hall–Kier alpha value is -1.51. The van der Waals surface area contributed by atoms with Gasteiger partial charge in [0.1, 0.15) is 5.78 Å². The Morgan fingerprint density at radius 3 is 2.62 bits per heavy atom. The van der Waals surface area contributed by atoms with Crippen LogP contribution < -0.4 is 0 Å². The average Bonchev–Trinajstić information content (AvgIpc) is 2.17. The van der Waals surface area contributed by atoms with E-state index in [4.69, 9.17) is 0 Å². The SMILES string of the molecule is CC(=O)C(C)C(=O)c1cccnc1. The number of nitrogens with zero attached hydrogens (tertiary/aromatic N) is 1. The summed E-state index contributed by atoms with van der Waals surface area (Å²) in [6.45, 7) is 3.02. The lowest BCUT2D eigenvalue weighted by molar-refractivity contribution is -0.118. The van der Waals surface area contributed by atoms with Gasteiger partial charge in [-0.1, -0.05) is 0 Å². The van der Waals surface area contributed by atoms with Gasteiger partial charge in [-0.05, 0) is 26.0 Å². The van der Waals surface area contributed by atoms with E-state index in [0.29, 0.717) is 5.56 Å². The van der Waals surface area contributed by atoms with Crippen molar-refractivity contribution in [3.05, 3.63) is 30.1 Å². The highest BCUT2D eigenvalue weighted by atomic mass is 16.1. The summed E-state index contributed by atoms with van der Waals surface area (Å²) in [6.07, 6.45) is 3.07. The number of aromatic nitrogens is 1. The lowest BCUT2D eigenvalue weighted by Gasteiger charge is -2.04. The Bertz CT molecular complexity index is 319. The zero-order valence-electron chi connectivity index (χ0n) is 7.65. The predicted molar refractivity (Wildman–Crippen MR) is 48.4 cm³/mol. The fraction of sp³-hybridized carbons (Fsp3) is 0.300. The van der Waals surface area contributed by atoms with Crippen molar-refractivity contribution in [2.45, 2.75) is 13.8 Å². The van der Waals surface area contributed by atoms with Crippen molar-refractivity contribution in [3.63, 3.8) is 0 Å². The van der Waals surface area contributed by atoms with Gasteiger partial charge >= 0.3 is 0 Å². The van der Waals surface area contributed by atoms with Crippen LogP contribution >= 0.6 is 0 Å². The largest absolute Gasteiger partial charge is 0.299 e. The van der Waals surface area contributed by atoms with Crippen molar-refractivity contribution >= 4 is 11.6 Å². The molecule has 0 aromatic carbocycles. The Labute approximate surface area is 76.8 Å². The maximum Gasteiger partial charge on any atom is 0.174 e. The van der Waals surface area contributed by atoms with Crippen LogP contribution in [0.15, 0.2) is 24.5 Å². The van der Waals surface area contributed by atoms with E-state index in [1.807, 2.05) is 0 Å². The zero-order chi connectivity index (χ0) is 9.84. The van der Waals surface area contributed by atoms with E-state index < -0.39 is 5.92 Å². The van der Waals surface area contributed by atoms with Crippen LogP contribution in [0, 0.1) is 5.92 Å². The molecule has 0 aliphatic rings. The highest BCUT2D eigenvalue weighted by Gasteiger charge is 2.18. The van der Waals surface area contributed by atoms with Gasteiger partial charge in [-0.2, -0.15) is 0 Å². The molecule has 1 heterocycles. The van der Waals surface area contributed by atoms with Gasteiger partial charge < -0.3 is 0 Å². The van der Waals surface area contributed by atoms with E-state index >= 15 is 0 Å². The molecule has 0 aliphatic heterocycles. The van der Waals surface area contributed by atoms with E-state index in [1.165, 1.54) is 13.1 Å². The molecule has 0 aliphatic carbocycles. The molecule has 0 saturated carbocycles. The van der Waals surface area contributed by atoms with E-state index in [-0.39, 0.29) is 11.6 Å². The molecule has 0 fully saturated rings. The molecular weight excluding hydrogens is 166 g/mol. The van der Waals surface area contributed by atoms with Crippen molar-refractivity contribution in [3.8, 4) is 0 Å². The molecule has 13 heavy (non-hydrogen) atoms. The van der Waals surface area contributed by atoms with Crippen molar-refractivity contribution in [1.82, 2.24) is 4.98 Å². The molecule has 0 saturated heterocycles. The first-order valence-electron chi connectivity index (χ1n) is 4.07. The first kappa shape index (κ1) is 9.58. The molecule has 0 spiro atoms. The second kappa shape index (κ2) is 3.94. The summed E-state index contributed by atoms with van der Waals surface area (Å²) in [6, 6.07) is 3.34. The van der Waals surface area contributed by atoms with E-state index in [0.717, 1.165) is 0 Å². The van der Waals surface area contributed by atoms with E-state index in [2.05, 4.69) is 4.98 Å². The van der Waals surface area contributed by atoms with Gasteiger partial charge in [0.2, 0.25) is 0 Å². The van der Waals surface area contributed by atoms with Crippen molar-refractivity contribution < 1.29 is 9.59 Å². The summed E-state index contributed by atoms with van der Waals surface area (Å²) in [7, 11) is 0. The molecule has 68 valence electrons. The molecule has 3 heteroatoms. The minimum Gasteiger partial charge on any atom is -0.299 e. The van der Waals surface area contributed by atoms with Gasteiger partial charge in [-0.25, -0.2) is 0 Å². The van der Waals surface area contributed by atoms with E-state index in [9.17, 15) is 9.59 Å². The zero-order valence-corrected chi connectivity index (χ0v) is 7.65. The highest BCUT2D eigenvalue weighted by molar-refractivity contribution is 6.09. The lowest BCUT2D eigenvalue weighted by Crippen LogP contribution is -2.18. The molecule has 1 aromatic heterocycles. The highest BCUT2D eigenvalue weighted by Crippen LogP contribution is 2.07. The fourth-order valence-electron chi connectivity index (χ4n) is 0.943. The number of ketones is 2. The van der Waals surface area contributed by atoms with Crippen LogP contribution in [-0.2, 0) is 4.79 Å². The Morgan fingerprint density at radius 2 is 2.15 bits per heavy atom. The lowest BCUT2D eigenvalue weighted by atomic mass is 9.97. The summed E-state index contributed by atoms with van der Waals surface area (Å²) >= 11 is 0. The maximum absolute atomic E-state index is 11.5. The van der Waals surface area contributed by atoms with E-state index in [1.54, 1.807) is 25.3 Å². The van der Waals surface area contributed by atoms with Crippen LogP contribution in [0.4, 0.5) is 0 Å². The molecule has 0 radical (unpaired) electrons. The molecule has 0 amide bonds. The number of rotatable bonds is 3. The van der Waals surface area contributed by atoms with Crippen molar-refractivity contribution in [2.75, 3.05) is 0 Å². The summed E-state index contributed by atoms with van der Waals surface area (Å²) in [4.78, 5) is 26.3. The minimum atomic E-state index is -0.566. The number of hydrogen-bond donors (Lipinski definition) is 0. The molecular formula is C10H11NO2. The fourth-order valence-corrected chi connectivity index (χ4v) is 0.943. The topological polar surface area (TPSA) is 47.0 Å². The van der Waals surface area contributed by atoms with Gasteiger partial charge in [0.05, 0.1) is 5.92 Å². The second-order valence-electron chi connectivity index (χ2n) is 2.94. The van der Waals surface area contributed by atoms with Crippen LogP contribution in [0.1, 0.15) is 24.2 Å². The smallest absolute Gasteiger partial charge is 0.174 e. The van der Waals surface area contributed by atoms with Gasteiger partial charge in [0, 0.05) is 18.0 Å². The average molecular weight is 177 g/mol. The number of carbonyl (C=O) groups is 2. The van der Waals surface area contributed by atoms with Gasteiger partial charge in [-0.15, -0.1) is 0 Å². The first-order chi connectivity index (χ1) is 6.13. The summed E-state index contributed by atoms with van der Waals surface area (Å²) in [5.41, 5.74) is 0.491. The molecule has 1 rings (SSSR count). The summed E-state index contributed by atoms with van der Waals surface area (Å²) in [5, 5.41) is 0. The molecule has 0 bridgehead atoms. The third kappa shape index (κ3) is 2.21. The monoisotopic (exact) mass is 177 g/mol. The second-order valence-corrected chi connectivity index (χ2v) is 2.94. The molecule has 1 atom stereocenters. The number of hydrogen-bond acceptors (Lipinski definition) is 3. The normalized spacial score (nSPS) is 12.2. The third-order valence-electron chi connectivity index (χ3n) is 1.95. The predicted octanol–water partition coefficient (Wildman–Crippen LogP) is 1.49. The first-order valence-corrected chi connectivity index (χ1v) is 4.07. The Kier molecular flexibility index (Phi) is 2.90. The maximum atomic E-state index is 11.5. The van der Waals surface area contributed by atoms with Crippen molar-refractivity contribution in [2.24, 2.45) is 5.92 Å². The Balaban J connectivity index is 2.86. The van der Waals surface area contributed by atoms with Crippen LogP contribution in [0.25, 0.3) is 0 Å². The van der Waals surface area contributed by atoms with Crippen LogP contribution in [-0.4, -0.2) is 16.6 Å². The van der Waals surface area contributed by atoms with Crippen LogP contribution in [0.5, 0.6) is 0 Å². The number of Topliss-reactive ketones (excluding diaryl/α,β-unsaturated/α-hetero) is 2. The quantitative estimate of drug-likeness (QED) is 0.519. The van der Waals surface area contributed by atoms with Gasteiger partial charge in [0.25, 0.3) is 0 Å². The Morgan fingerprint density at radius 1 is 1.46 bits per heavy atom. The third-order valence-corrected chi connectivity index (χ3v) is 1.95. The van der Waals surface area contributed by atoms with Gasteiger partial charge in [0.15, 0.2) is 5.78 Å². The summed E-state index contributed by atoms with van der Waals surface area (Å²) in [5.74, 6) is -0.848. The number of pyridine rings is 1. The van der Waals surface area contributed by atoms with Crippen LogP contribution in [0.3, 0.4) is 0 Å². The molecule has 1 aromatic rings. The number of carbonyl (C=O) groups excluding carboxylic acids is 2. The van der Waals surface area contributed by atoms with Crippen LogP contribution in [0.2, 0.25) is 0 Å². The molecule has 0 N–H and O–H groups in total. The van der Waals surface area contributed by atoms with Gasteiger partial charge in [-0.3, -0.25) is 14.6 Å². The van der Waals surface area contributed by atoms with Crippen molar-refractivity contribution in [1.29, 1.82) is 0 Å². The minimum absolute atomic E-state index is 0.117.